The third-order valence-corrected chi connectivity index (χ3v) is 4.40. The Kier molecular flexibility index (Phi) is 6.09. The van der Waals surface area contributed by atoms with Gasteiger partial charge >= 0.3 is 0 Å². The zero-order valence-electron chi connectivity index (χ0n) is 14.9. The molecule has 1 fully saturated rings. The Hall–Kier alpha value is -2.57. The van der Waals surface area contributed by atoms with Gasteiger partial charge in [-0.05, 0) is 30.3 Å². The molecule has 26 heavy (non-hydrogen) atoms. The molecule has 2 aromatic rings. The Morgan fingerprint density at radius 2 is 1.85 bits per heavy atom. The van der Waals surface area contributed by atoms with E-state index in [2.05, 4.69) is 4.90 Å². The van der Waals surface area contributed by atoms with Gasteiger partial charge in [0.15, 0.2) is 0 Å². The normalized spacial score (nSPS) is 15.2. The van der Waals surface area contributed by atoms with Crippen LogP contribution in [0.5, 0.6) is 11.5 Å². The highest BCUT2D eigenvalue weighted by Crippen LogP contribution is 2.24. The van der Waals surface area contributed by atoms with Crippen molar-refractivity contribution in [3.63, 3.8) is 0 Å². The van der Waals surface area contributed by atoms with E-state index in [-0.39, 0.29) is 19.1 Å². The number of benzene rings is 2. The lowest BCUT2D eigenvalue weighted by Crippen LogP contribution is -2.50. The maximum absolute atomic E-state index is 12.6. The zero-order chi connectivity index (χ0) is 18.4. The summed E-state index contributed by atoms with van der Waals surface area (Å²) in [7, 11) is 1.63. The van der Waals surface area contributed by atoms with E-state index < -0.39 is 0 Å². The molecule has 3 rings (SSSR count). The van der Waals surface area contributed by atoms with Gasteiger partial charge in [0.05, 0.1) is 20.3 Å². The molecule has 0 aliphatic carbocycles. The molecule has 1 amide bonds. The summed E-state index contributed by atoms with van der Waals surface area (Å²) in [6.07, 6.45) is 0. The number of piperazine rings is 1. The maximum atomic E-state index is 12.6. The molecule has 0 aromatic heterocycles. The van der Waals surface area contributed by atoms with Crippen molar-refractivity contribution in [3.8, 4) is 11.5 Å². The number of nitrogens with zero attached hydrogens (tertiary/aromatic N) is 2. The number of aliphatic hydroxyl groups excluding tert-OH is 1. The lowest BCUT2D eigenvalue weighted by molar-refractivity contribution is -0.121. The summed E-state index contributed by atoms with van der Waals surface area (Å²) in [5, 5.41) is 8.95. The maximum Gasteiger partial charge on any atom is 0.241 e. The summed E-state index contributed by atoms with van der Waals surface area (Å²) < 4.78 is 10.7. The smallest absolute Gasteiger partial charge is 0.241 e. The van der Waals surface area contributed by atoms with Crippen LogP contribution >= 0.6 is 0 Å². The van der Waals surface area contributed by atoms with E-state index in [0.29, 0.717) is 19.6 Å². The summed E-state index contributed by atoms with van der Waals surface area (Å²) >= 11 is 0. The molecule has 1 aliphatic rings. The van der Waals surface area contributed by atoms with Gasteiger partial charge in [0, 0.05) is 30.9 Å². The minimum Gasteiger partial charge on any atom is -0.497 e. The second-order valence-corrected chi connectivity index (χ2v) is 6.13. The van der Waals surface area contributed by atoms with Gasteiger partial charge in [0.25, 0.3) is 0 Å². The first-order chi connectivity index (χ1) is 12.7. The predicted molar refractivity (Wildman–Crippen MR) is 99.6 cm³/mol. The van der Waals surface area contributed by atoms with Gasteiger partial charge < -0.3 is 19.5 Å². The zero-order valence-corrected chi connectivity index (χ0v) is 14.9. The van der Waals surface area contributed by atoms with Crippen LogP contribution in [0, 0.1) is 0 Å². The lowest BCUT2D eigenvalue weighted by Gasteiger charge is -2.34. The average Bonchev–Trinajstić information content (AvgIpc) is 2.68. The van der Waals surface area contributed by atoms with Crippen molar-refractivity contribution in [2.75, 3.05) is 44.9 Å². The fraction of sp³-hybridized carbons (Fsp3) is 0.350. The summed E-state index contributed by atoms with van der Waals surface area (Å²) in [5.41, 5.74) is 1.91. The number of para-hydroxylation sites is 1. The molecule has 0 unspecified atom stereocenters. The standard InChI is InChI=1S/C20H24N2O4/c1-25-18-8-6-17(7-9-18)22-11-10-21(15-20(22)24)14-16-4-2-3-5-19(16)26-13-12-23/h2-9,23H,10-15H2,1H3. The van der Waals surface area contributed by atoms with Crippen LogP contribution in [0.3, 0.4) is 0 Å². The molecule has 1 saturated heterocycles. The first-order valence-electron chi connectivity index (χ1n) is 8.69. The topological polar surface area (TPSA) is 62.2 Å². The van der Waals surface area contributed by atoms with Gasteiger partial charge in [0.2, 0.25) is 5.91 Å². The fourth-order valence-electron chi connectivity index (χ4n) is 3.06. The molecular formula is C20H24N2O4. The van der Waals surface area contributed by atoms with E-state index in [9.17, 15) is 4.79 Å². The van der Waals surface area contributed by atoms with Crippen LogP contribution in [-0.4, -0.2) is 55.9 Å². The van der Waals surface area contributed by atoms with Crippen molar-refractivity contribution in [3.05, 3.63) is 54.1 Å². The summed E-state index contributed by atoms with van der Waals surface area (Å²) in [4.78, 5) is 16.5. The second kappa shape index (κ2) is 8.69. The van der Waals surface area contributed by atoms with Crippen molar-refractivity contribution >= 4 is 11.6 Å². The van der Waals surface area contributed by atoms with E-state index in [1.54, 1.807) is 7.11 Å². The molecule has 138 valence electrons. The summed E-state index contributed by atoms with van der Waals surface area (Å²) in [6.45, 7) is 2.68. The van der Waals surface area contributed by atoms with Crippen molar-refractivity contribution in [2.45, 2.75) is 6.54 Å². The van der Waals surface area contributed by atoms with Crippen molar-refractivity contribution in [2.24, 2.45) is 0 Å². The lowest BCUT2D eigenvalue weighted by atomic mass is 10.1. The number of hydrogen-bond donors (Lipinski definition) is 1. The number of amides is 1. The average molecular weight is 356 g/mol. The van der Waals surface area contributed by atoms with Gasteiger partial charge in [-0.2, -0.15) is 0 Å². The predicted octanol–water partition coefficient (Wildman–Crippen LogP) is 1.92. The third-order valence-electron chi connectivity index (χ3n) is 4.40. The highest BCUT2D eigenvalue weighted by Gasteiger charge is 2.25. The van der Waals surface area contributed by atoms with Crippen LogP contribution in [0.25, 0.3) is 0 Å². The first kappa shape index (κ1) is 18.2. The molecule has 0 radical (unpaired) electrons. The molecule has 2 aromatic carbocycles. The Morgan fingerprint density at radius 3 is 2.54 bits per heavy atom. The number of aliphatic hydroxyl groups is 1. The van der Waals surface area contributed by atoms with Crippen molar-refractivity contribution in [1.82, 2.24) is 4.90 Å². The van der Waals surface area contributed by atoms with Gasteiger partial charge in [-0.1, -0.05) is 18.2 Å². The van der Waals surface area contributed by atoms with E-state index in [4.69, 9.17) is 14.6 Å². The van der Waals surface area contributed by atoms with Crippen LogP contribution in [0.1, 0.15) is 5.56 Å². The molecule has 1 heterocycles. The first-order valence-corrected chi connectivity index (χ1v) is 8.69. The number of carbonyl (C=O) groups excluding carboxylic acids is 1. The van der Waals surface area contributed by atoms with Gasteiger partial charge in [-0.25, -0.2) is 0 Å². The largest absolute Gasteiger partial charge is 0.497 e. The van der Waals surface area contributed by atoms with Gasteiger partial charge in [-0.3, -0.25) is 9.69 Å². The van der Waals surface area contributed by atoms with E-state index in [0.717, 1.165) is 29.3 Å². The molecule has 6 heteroatoms. The van der Waals surface area contributed by atoms with Crippen LogP contribution in [0.15, 0.2) is 48.5 Å². The van der Waals surface area contributed by atoms with Crippen molar-refractivity contribution < 1.29 is 19.4 Å². The SMILES string of the molecule is COc1ccc(N2CCN(Cc3ccccc3OCCO)CC2=O)cc1. The molecular weight excluding hydrogens is 332 g/mol. The minimum atomic E-state index is -0.0205. The number of anilines is 1. The van der Waals surface area contributed by atoms with Crippen LogP contribution in [-0.2, 0) is 11.3 Å². The molecule has 0 spiro atoms. The van der Waals surface area contributed by atoms with Crippen molar-refractivity contribution in [1.29, 1.82) is 0 Å². The number of methoxy groups -OCH3 is 1. The monoisotopic (exact) mass is 356 g/mol. The molecule has 0 saturated carbocycles. The minimum absolute atomic E-state index is 0.0205. The highest BCUT2D eigenvalue weighted by molar-refractivity contribution is 5.95. The number of carbonyl (C=O) groups is 1. The Morgan fingerprint density at radius 1 is 1.08 bits per heavy atom. The fourth-order valence-corrected chi connectivity index (χ4v) is 3.06. The molecule has 0 atom stereocenters. The second-order valence-electron chi connectivity index (χ2n) is 6.13. The molecule has 0 bridgehead atoms. The quantitative estimate of drug-likeness (QED) is 0.821. The Labute approximate surface area is 153 Å². The highest BCUT2D eigenvalue weighted by atomic mass is 16.5. The number of hydrogen-bond acceptors (Lipinski definition) is 5. The molecule has 1 aliphatic heterocycles. The van der Waals surface area contributed by atoms with Crippen LogP contribution in [0.2, 0.25) is 0 Å². The van der Waals surface area contributed by atoms with E-state index in [1.807, 2.05) is 53.4 Å². The van der Waals surface area contributed by atoms with Crippen LogP contribution < -0.4 is 14.4 Å². The number of rotatable bonds is 7. The Bertz CT molecular complexity index is 733. The van der Waals surface area contributed by atoms with Crippen LogP contribution in [0.4, 0.5) is 5.69 Å². The third kappa shape index (κ3) is 4.33. The molecule has 6 nitrogen and oxygen atoms in total. The van der Waals surface area contributed by atoms with E-state index >= 15 is 0 Å². The van der Waals surface area contributed by atoms with Gasteiger partial charge in [0.1, 0.15) is 18.1 Å². The Balaban J connectivity index is 1.63. The number of ether oxygens (including phenoxy) is 2. The van der Waals surface area contributed by atoms with E-state index in [1.165, 1.54) is 0 Å². The van der Waals surface area contributed by atoms with Gasteiger partial charge in [-0.15, -0.1) is 0 Å². The summed E-state index contributed by atoms with van der Waals surface area (Å²) in [6, 6.07) is 15.3. The molecule has 1 N–H and O–H groups in total. The summed E-state index contributed by atoms with van der Waals surface area (Å²) in [5.74, 6) is 1.61.